The SMILES string of the molecule is CCS(=O)(=O)Nc1ccccc1C1=NN(S(=O)(=O)c2ccc(Cl)cc2)[C@@H](c2ccc(C)cc2)C1. The van der Waals surface area contributed by atoms with Crippen molar-refractivity contribution < 1.29 is 16.8 Å². The molecule has 0 amide bonds. The zero-order valence-corrected chi connectivity index (χ0v) is 21.0. The average Bonchev–Trinajstić information content (AvgIpc) is 3.26. The predicted octanol–water partition coefficient (Wildman–Crippen LogP) is 4.95. The predicted molar refractivity (Wildman–Crippen MR) is 135 cm³/mol. The van der Waals surface area contributed by atoms with Crippen LogP contribution in [0, 0.1) is 6.92 Å². The van der Waals surface area contributed by atoms with Crippen LogP contribution in [-0.2, 0) is 20.0 Å². The maximum atomic E-state index is 13.6. The topological polar surface area (TPSA) is 95.9 Å². The van der Waals surface area contributed by atoms with Crippen LogP contribution in [0.25, 0.3) is 0 Å². The third kappa shape index (κ3) is 4.96. The van der Waals surface area contributed by atoms with Gasteiger partial charge in [0.1, 0.15) is 0 Å². The lowest BCUT2D eigenvalue weighted by molar-refractivity contribution is 0.371. The first-order chi connectivity index (χ1) is 16.1. The molecule has 178 valence electrons. The lowest BCUT2D eigenvalue weighted by Crippen LogP contribution is -2.27. The van der Waals surface area contributed by atoms with E-state index in [-0.39, 0.29) is 17.1 Å². The Morgan fingerprint density at radius 2 is 1.62 bits per heavy atom. The van der Waals surface area contributed by atoms with Gasteiger partial charge < -0.3 is 0 Å². The van der Waals surface area contributed by atoms with Crippen LogP contribution < -0.4 is 4.72 Å². The Kier molecular flexibility index (Phi) is 6.71. The molecule has 1 aliphatic heterocycles. The molecule has 0 saturated heterocycles. The molecule has 1 heterocycles. The van der Waals surface area contributed by atoms with Gasteiger partial charge in [0.05, 0.1) is 28.1 Å². The molecule has 34 heavy (non-hydrogen) atoms. The molecule has 4 rings (SSSR count). The number of hydrogen-bond acceptors (Lipinski definition) is 5. The Morgan fingerprint density at radius 1 is 0.971 bits per heavy atom. The first-order valence-electron chi connectivity index (χ1n) is 10.6. The van der Waals surface area contributed by atoms with Gasteiger partial charge in [0.25, 0.3) is 10.0 Å². The van der Waals surface area contributed by atoms with Crippen LogP contribution in [0.3, 0.4) is 0 Å². The normalized spacial score (nSPS) is 16.4. The zero-order chi connectivity index (χ0) is 24.5. The van der Waals surface area contributed by atoms with Crippen LogP contribution in [0.4, 0.5) is 5.69 Å². The Morgan fingerprint density at radius 3 is 2.26 bits per heavy atom. The van der Waals surface area contributed by atoms with Crippen LogP contribution in [0.2, 0.25) is 5.02 Å². The van der Waals surface area contributed by atoms with Crippen molar-refractivity contribution in [1.82, 2.24) is 4.41 Å². The van der Waals surface area contributed by atoms with Crippen LogP contribution in [0.15, 0.2) is 82.8 Å². The Labute approximate surface area is 205 Å². The van der Waals surface area contributed by atoms with E-state index in [0.717, 1.165) is 15.5 Å². The fraction of sp³-hybridized carbons (Fsp3) is 0.208. The molecule has 3 aromatic rings. The monoisotopic (exact) mass is 517 g/mol. The van der Waals surface area contributed by atoms with E-state index in [4.69, 9.17) is 11.6 Å². The van der Waals surface area contributed by atoms with Gasteiger partial charge in [-0.05, 0) is 49.7 Å². The summed E-state index contributed by atoms with van der Waals surface area (Å²) in [4.78, 5) is 0.0685. The number of rotatable bonds is 7. The van der Waals surface area contributed by atoms with Crippen LogP contribution in [0.5, 0.6) is 0 Å². The van der Waals surface area contributed by atoms with E-state index in [1.165, 1.54) is 24.3 Å². The van der Waals surface area contributed by atoms with E-state index in [1.807, 2.05) is 31.2 Å². The summed E-state index contributed by atoms with van der Waals surface area (Å²) in [5, 5.41) is 4.95. The number of nitrogens with one attached hydrogen (secondary N) is 1. The van der Waals surface area contributed by atoms with E-state index in [0.29, 0.717) is 22.0 Å². The number of benzene rings is 3. The molecule has 0 fully saturated rings. The first kappa shape index (κ1) is 24.3. The first-order valence-corrected chi connectivity index (χ1v) is 14.1. The Balaban J connectivity index is 1.82. The van der Waals surface area contributed by atoms with Gasteiger partial charge in [0, 0.05) is 17.0 Å². The number of nitrogens with zero attached hydrogens (tertiary/aromatic N) is 2. The quantitative estimate of drug-likeness (QED) is 0.479. The van der Waals surface area contributed by atoms with E-state index in [9.17, 15) is 16.8 Å². The number of aryl methyl sites for hydroxylation is 1. The van der Waals surface area contributed by atoms with E-state index in [1.54, 1.807) is 31.2 Å². The molecule has 1 N–H and O–H groups in total. The van der Waals surface area contributed by atoms with Crippen molar-refractivity contribution in [2.45, 2.75) is 31.2 Å². The summed E-state index contributed by atoms with van der Waals surface area (Å²) in [6.07, 6.45) is 0.279. The minimum Gasteiger partial charge on any atom is -0.283 e. The second-order valence-corrected chi connectivity index (χ2v) is 12.2. The van der Waals surface area contributed by atoms with Gasteiger partial charge in [-0.2, -0.15) is 17.9 Å². The van der Waals surface area contributed by atoms with E-state index >= 15 is 0 Å². The second kappa shape index (κ2) is 9.40. The van der Waals surface area contributed by atoms with Gasteiger partial charge >= 0.3 is 0 Å². The van der Waals surface area contributed by atoms with Crippen molar-refractivity contribution in [3.63, 3.8) is 0 Å². The van der Waals surface area contributed by atoms with Gasteiger partial charge in [0.15, 0.2) is 0 Å². The van der Waals surface area contributed by atoms with E-state index < -0.39 is 26.1 Å². The number of halogens is 1. The molecule has 0 bridgehead atoms. The van der Waals surface area contributed by atoms with Crippen LogP contribution in [0.1, 0.15) is 36.1 Å². The third-order valence-electron chi connectivity index (χ3n) is 5.58. The maximum absolute atomic E-state index is 13.6. The van der Waals surface area contributed by atoms with Crippen molar-refractivity contribution >= 4 is 43.0 Å². The highest BCUT2D eigenvalue weighted by Crippen LogP contribution is 2.38. The zero-order valence-electron chi connectivity index (χ0n) is 18.6. The van der Waals surface area contributed by atoms with Crippen LogP contribution >= 0.6 is 11.6 Å². The average molecular weight is 518 g/mol. The van der Waals surface area contributed by atoms with Gasteiger partial charge in [-0.3, -0.25) is 4.72 Å². The molecule has 0 aromatic heterocycles. The number of sulfonamides is 2. The molecule has 7 nitrogen and oxygen atoms in total. The van der Waals surface area contributed by atoms with Crippen LogP contribution in [-0.4, -0.2) is 32.7 Å². The summed E-state index contributed by atoms with van der Waals surface area (Å²) < 4.78 is 55.3. The summed E-state index contributed by atoms with van der Waals surface area (Å²) >= 11 is 5.95. The molecular formula is C24H24ClN3O4S2. The molecule has 0 saturated carbocycles. The van der Waals surface area contributed by atoms with Gasteiger partial charge in [-0.1, -0.05) is 59.6 Å². The lowest BCUT2D eigenvalue weighted by atomic mass is 9.98. The Bertz CT molecular complexity index is 1440. The van der Waals surface area contributed by atoms with Crippen molar-refractivity contribution in [2.75, 3.05) is 10.5 Å². The maximum Gasteiger partial charge on any atom is 0.279 e. The number of para-hydroxylation sites is 1. The van der Waals surface area contributed by atoms with E-state index in [2.05, 4.69) is 9.82 Å². The number of hydrazone groups is 1. The van der Waals surface area contributed by atoms with Gasteiger partial charge in [-0.25, -0.2) is 8.42 Å². The third-order valence-corrected chi connectivity index (χ3v) is 8.82. The molecule has 10 heteroatoms. The summed E-state index contributed by atoms with van der Waals surface area (Å²) in [6, 6.07) is 19.8. The highest BCUT2D eigenvalue weighted by atomic mass is 35.5. The molecule has 3 aromatic carbocycles. The molecule has 0 radical (unpaired) electrons. The minimum atomic E-state index is -4.01. The fourth-order valence-corrected chi connectivity index (χ4v) is 5.90. The number of hydrogen-bond donors (Lipinski definition) is 1. The smallest absolute Gasteiger partial charge is 0.279 e. The highest BCUT2D eigenvalue weighted by Gasteiger charge is 2.38. The highest BCUT2D eigenvalue weighted by molar-refractivity contribution is 7.92. The molecule has 0 unspecified atom stereocenters. The van der Waals surface area contributed by atoms with Crippen molar-refractivity contribution in [3.05, 3.63) is 94.5 Å². The molecule has 0 spiro atoms. The Hall–Kier alpha value is -2.88. The standard InChI is InChI=1S/C24H24ClN3O4S2/c1-3-33(29,30)27-22-7-5-4-6-21(22)23-16-24(18-10-8-17(2)9-11-18)28(26-23)34(31,32)20-14-12-19(25)13-15-20/h4-15,24,27H,3,16H2,1-2H3/t24-/m1/s1. The van der Waals surface area contributed by atoms with Gasteiger partial charge in [0.2, 0.25) is 10.0 Å². The summed E-state index contributed by atoms with van der Waals surface area (Å²) in [7, 11) is -7.54. The summed E-state index contributed by atoms with van der Waals surface area (Å²) in [6.45, 7) is 3.50. The van der Waals surface area contributed by atoms with Crippen molar-refractivity contribution in [1.29, 1.82) is 0 Å². The lowest BCUT2D eigenvalue weighted by Gasteiger charge is -2.23. The minimum absolute atomic E-state index is 0.0685. The largest absolute Gasteiger partial charge is 0.283 e. The summed E-state index contributed by atoms with van der Waals surface area (Å²) in [5.41, 5.74) is 3.20. The molecule has 1 aliphatic rings. The summed E-state index contributed by atoms with van der Waals surface area (Å²) in [5.74, 6) is -0.0864. The van der Waals surface area contributed by atoms with Gasteiger partial charge in [-0.15, -0.1) is 0 Å². The number of anilines is 1. The molecular weight excluding hydrogens is 494 g/mol. The fourth-order valence-electron chi connectivity index (χ4n) is 3.69. The molecule has 1 atom stereocenters. The van der Waals surface area contributed by atoms with Crippen molar-refractivity contribution in [3.8, 4) is 0 Å². The van der Waals surface area contributed by atoms with Crippen molar-refractivity contribution in [2.24, 2.45) is 5.10 Å². The second-order valence-electron chi connectivity index (χ2n) is 7.96. The molecule has 0 aliphatic carbocycles.